The van der Waals surface area contributed by atoms with Gasteiger partial charge in [-0.15, -0.1) is 11.3 Å². The van der Waals surface area contributed by atoms with Gasteiger partial charge in [-0.05, 0) is 56.1 Å². The molecule has 1 aromatic carbocycles. The van der Waals surface area contributed by atoms with Crippen LogP contribution in [-0.4, -0.2) is 22.1 Å². The number of benzene rings is 1. The van der Waals surface area contributed by atoms with Gasteiger partial charge in [0.2, 0.25) is 0 Å². The van der Waals surface area contributed by atoms with Gasteiger partial charge in [-0.1, -0.05) is 0 Å². The molecule has 20 heavy (non-hydrogen) atoms. The lowest BCUT2D eigenvalue weighted by Gasteiger charge is -2.07. The number of carboxylic acid groups (broad SMARTS) is 1. The van der Waals surface area contributed by atoms with E-state index in [0.717, 1.165) is 8.26 Å². The van der Waals surface area contributed by atoms with Gasteiger partial charge in [-0.25, -0.2) is 4.79 Å². The summed E-state index contributed by atoms with van der Waals surface area (Å²) in [4.78, 5) is 23.3. The highest BCUT2D eigenvalue weighted by Crippen LogP contribution is 2.33. The van der Waals surface area contributed by atoms with Crippen LogP contribution < -0.4 is 5.32 Å². The van der Waals surface area contributed by atoms with Crippen molar-refractivity contribution in [3.8, 4) is 5.75 Å². The highest BCUT2D eigenvalue weighted by Gasteiger charge is 2.15. The van der Waals surface area contributed by atoms with Gasteiger partial charge < -0.3 is 15.5 Å². The van der Waals surface area contributed by atoms with E-state index in [0.29, 0.717) is 4.88 Å². The normalized spacial score (nSPS) is 10.3. The molecule has 3 N–H and O–H groups in total. The summed E-state index contributed by atoms with van der Waals surface area (Å²) in [5.74, 6) is -1.76. The van der Waals surface area contributed by atoms with Crippen molar-refractivity contribution in [3.05, 3.63) is 43.0 Å². The molecule has 1 aromatic heterocycles. The third-order valence-electron chi connectivity index (χ3n) is 2.36. The van der Waals surface area contributed by atoms with Crippen LogP contribution in [0.1, 0.15) is 20.0 Å². The number of amides is 1. The Hall–Kier alpha value is -1.38. The van der Waals surface area contributed by atoms with Gasteiger partial charge >= 0.3 is 5.97 Å². The van der Waals surface area contributed by atoms with Gasteiger partial charge in [0.1, 0.15) is 5.75 Å². The average Bonchev–Trinajstić information content (AvgIpc) is 2.72. The Kier molecular flexibility index (Phi) is 4.46. The SMILES string of the molecule is O=C(O)c1ccc(O)c(NC(=O)c2cc(Br)c(Br)s2)c1. The average molecular weight is 421 g/mol. The van der Waals surface area contributed by atoms with E-state index >= 15 is 0 Å². The molecular formula is C12H7Br2NO4S. The number of phenolic OH excluding ortho intramolecular Hbond substituents is 1. The summed E-state index contributed by atoms with van der Waals surface area (Å²) in [6, 6.07) is 5.31. The van der Waals surface area contributed by atoms with Crippen LogP contribution in [0.3, 0.4) is 0 Å². The number of anilines is 1. The minimum atomic E-state index is -1.14. The minimum absolute atomic E-state index is 0.0216. The fraction of sp³-hybridized carbons (Fsp3) is 0. The molecule has 1 heterocycles. The van der Waals surface area contributed by atoms with Crippen LogP contribution in [0.15, 0.2) is 32.5 Å². The molecule has 0 bridgehead atoms. The molecule has 5 nitrogen and oxygen atoms in total. The van der Waals surface area contributed by atoms with Crippen LogP contribution in [0.25, 0.3) is 0 Å². The Morgan fingerprint density at radius 3 is 2.45 bits per heavy atom. The lowest BCUT2D eigenvalue weighted by Crippen LogP contribution is -2.11. The number of hydrogen-bond acceptors (Lipinski definition) is 4. The van der Waals surface area contributed by atoms with Crippen LogP contribution in [0, 0.1) is 0 Å². The summed E-state index contributed by atoms with van der Waals surface area (Å²) in [6.07, 6.45) is 0. The monoisotopic (exact) mass is 419 g/mol. The summed E-state index contributed by atoms with van der Waals surface area (Å²) >= 11 is 7.77. The second-order valence-corrected chi connectivity index (χ2v) is 6.95. The fourth-order valence-corrected chi connectivity index (χ4v) is 3.34. The molecule has 2 rings (SSSR count). The van der Waals surface area contributed by atoms with Crippen molar-refractivity contribution in [2.45, 2.75) is 0 Å². The number of phenols is 1. The highest BCUT2D eigenvalue weighted by molar-refractivity contribution is 9.13. The smallest absolute Gasteiger partial charge is 0.335 e. The number of halogens is 2. The summed E-state index contributed by atoms with van der Waals surface area (Å²) in [5.41, 5.74) is 0.0298. The molecule has 0 spiro atoms. The van der Waals surface area contributed by atoms with E-state index < -0.39 is 11.9 Å². The van der Waals surface area contributed by atoms with Gasteiger partial charge in [0.15, 0.2) is 0 Å². The molecule has 0 aliphatic rings. The topological polar surface area (TPSA) is 86.6 Å². The molecule has 0 aliphatic heterocycles. The van der Waals surface area contributed by atoms with Gasteiger partial charge in [-0.2, -0.15) is 0 Å². The lowest BCUT2D eigenvalue weighted by molar-refractivity contribution is 0.0696. The van der Waals surface area contributed by atoms with Crippen LogP contribution >= 0.6 is 43.2 Å². The Morgan fingerprint density at radius 1 is 1.20 bits per heavy atom. The van der Waals surface area contributed by atoms with Gasteiger partial charge in [-0.3, -0.25) is 4.79 Å². The van der Waals surface area contributed by atoms with E-state index in [1.54, 1.807) is 6.07 Å². The van der Waals surface area contributed by atoms with Gasteiger partial charge in [0.05, 0.1) is 19.9 Å². The summed E-state index contributed by atoms with van der Waals surface area (Å²) < 4.78 is 1.52. The van der Waals surface area contributed by atoms with Crippen LogP contribution in [0.5, 0.6) is 5.75 Å². The number of rotatable bonds is 3. The molecule has 0 saturated heterocycles. The van der Waals surface area contributed by atoms with Crippen molar-refractivity contribution in [3.63, 3.8) is 0 Å². The maximum atomic E-state index is 12.0. The third kappa shape index (κ3) is 3.20. The zero-order chi connectivity index (χ0) is 14.9. The molecule has 8 heteroatoms. The Balaban J connectivity index is 2.27. The maximum Gasteiger partial charge on any atom is 0.335 e. The fourth-order valence-electron chi connectivity index (χ4n) is 1.41. The Morgan fingerprint density at radius 2 is 1.90 bits per heavy atom. The van der Waals surface area contributed by atoms with Crippen LogP contribution in [0.2, 0.25) is 0 Å². The van der Waals surface area contributed by atoms with E-state index in [-0.39, 0.29) is 17.0 Å². The second kappa shape index (κ2) is 5.94. The van der Waals surface area contributed by atoms with Gasteiger partial charge in [0.25, 0.3) is 5.91 Å². The molecule has 0 fully saturated rings. The molecule has 2 aromatic rings. The maximum absolute atomic E-state index is 12.0. The molecule has 104 valence electrons. The van der Waals surface area contributed by atoms with Crippen molar-refractivity contribution in [1.82, 2.24) is 0 Å². The first-order chi connectivity index (χ1) is 9.38. The van der Waals surface area contributed by atoms with Crippen molar-refractivity contribution in [2.24, 2.45) is 0 Å². The lowest BCUT2D eigenvalue weighted by atomic mass is 10.2. The molecule has 0 radical (unpaired) electrons. The largest absolute Gasteiger partial charge is 0.506 e. The number of aromatic carboxylic acids is 1. The predicted molar refractivity (Wildman–Crippen MR) is 82.7 cm³/mol. The third-order valence-corrected chi connectivity index (χ3v) is 5.62. The van der Waals surface area contributed by atoms with Crippen molar-refractivity contribution in [1.29, 1.82) is 0 Å². The second-order valence-electron chi connectivity index (χ2n) is 3.72. The standard InChI is InChI=1S/C12H7Br2NO4S/c13-6-4-9(20-10(6)14)11(17)15-7-3-5(12(18)19)1-2-8(7)16/h1-4,16H,(H,15,17)(H,18,19). The predicted octanol–water partition coefficient (Wildman–Crippen LogP) is 3.93. The molecule has 0 aliphatic carbocycles. The first-order valence-electron chi connectivity index (χ1n) is 5.21. The number of aromatic hydroxyl groups is 1. The molecule has 1 amide bonds. The summed E-state index contributed by atoms with van der Waals surface area (Å²) in [5, 5.41) is 21.0. The van der Waals surface area contributed by atoms with Crippen molar-refractivity contribution < 1.29 is 19.8 Å². The molecule has 0 atom stereocenters. The Bertz CT molecular complexity index is 679. The Labute approximate surface area is 134 Å². The minimum Gasteiger partial charge on any atom is -0.506 e. The van der Waals surface area contributed by atoms with Gasteiger partial charge in [0, 0.05) is 4.47 Å². The quantitative estimate of drug-likeness (QED) is 0.656. The number of nitrogens with one attached hydrogen (secondary N) is 1. The van der Waals surface area contributed by atoms with E-state index in [2.05, 4.69) is 37.2 Å². The zero-order valence-corrected chi connectivity index (χ0v) is 13.7. The molecule has 0 unspecified atom stereocenters. The number of carbonyl (C=O) groups excluding carboxylic acids is 1. The first kappa shape index (κ1) is 15.0. The van der Waals surface area contributed by atoms with E-state index in [1.807, 2.05) is 0 Å². The van der Waals surface area contributed by atoms with Crippen LogP contribution in [0.4, 0.5) is 5.69 Å². The van der Waals surface area contributed by atoms with E-state index in [9.17, 15) is 14.7 Å². The first-order valence-corrected chi connectivity index (χ1v) is 7.61. The number of thiophene rings is 1. The van der Waals surface area contributed by atoms with E-state index in [1.165, 1.54) is 29.5 Å². The zero-order valence-electron chi connectivity index (χ0n) is 9.68. The number of carboxylic acids is 1. The number of hydrogen-bond donors (Lipinski definition) is 3. The summed E-state index contributed by atoms with van der Waals surface area (Å²) in [6.45, 7) is 0. The molecule has 0 saturated carbocycles. The van der Waals surface area contributed by atoms with Crippen molar-refractivity contribution in [2.75, 3.05) is 5.32 Å². The molecular weight excluding hydrogens is 414 g/mol. The summed E-state index contributed by atoms with van der Waals surface area (Å²) in [7, 11) is 0. The highest BCUT2D eigenvalue weighted by atomic mass is 79.9. The van der Waals surface area contributed by atoms with E-state index in [4.69, 9.17) is 5.11 Å². The van der Waals surface area contributed by atoms with Crippen molar-refractivity contribution >= 4 is 60.8 Å². The number of carbonyl (C=O) groups is 2. The van der Waals surface area contributed by atoms with Crippen LogP contribution in [-0.2, 0) is 0 Å².